The molecule has 0 saturated carbocycles. The Morgan fingerprint density at radius 1 is 1.11 bits per heavy atom. The summed E-state index contributed by atoms with van der Waals surface area (Å²) in [4.78, 5) is 14.9. The van der Waals surface area contributed by atoms with Crippen molar-refractivity contribution >= 4 is 11.7 Å². The van der Waals surface area contributed by atoms with Gasteiger partial charge in [-0.05, 0) is 74.0 Å². The highest BCUT2D eigenvalue weighted by Crippen LogP contribution is 2.34. The van der Waals surface area contributed by atoms with Crippen LogP contribution >= 0.6 is 0 Å². The molecule has 1 fully saturated rings. The molecule has 4 rings (SSSR count). The van der Waals surface area contributed by atoms with E-state index in [0.29, 0.717) is 23.2 Å². The van der Waals surface area contributed by atoms with Crippen molar-refractivity contribution in [3.05, 3.63) is 65.2 Å². The Balaban J connectivity index is 1.34. The zero-order chi connectivity index (χ0) is 19.5. The first-order valence-corrected chi connectivity index (χ1v) is 9.97. The number of nitrogens with zero attached hydrogens (tertiary/aromatic N) is 2. The summed E-state index contributed by atoms with van der Waals surface area (Å²) in [5, 5.41) is 14.9. The van der Waals surface area contributed by atoms with Gasteiger partial charge in [0.05, 0.1) is 11.6 Å². The molecule has 2 amide bonds. The van der Waals surface area contributed by atoms with Gasteiger partial charge < -0.3 is 15.5 Å². The zero-order valence-corrected chi connectivity index (χ0v) is 16.2. The first-order chi connectivity index (χ1) is 13.6. The topological polar surface area (TPSA) is 68.2 Å². The van der Waals surface area contributed by atoms with E-state index in [0.717, 1.165) is 32.2 Å². The molecule has 144 valence electrons. The maximum absolute atomic E-state index is 12.4. The van der Waals surface area contributed by atoms with E-state index in [4.69, 9.17) is 5.26 Å². The predicted molar refractivity (Wildman–Crippen MR) is 110 cm³/mol. The van der Waals surface area contributed by atoms with Gasteiger partial charge in [-0.15, -0.1) is 0 Å². The Morgan fingerprint density at radius 2 is 1.79 bits per heavy atom. The van der Waals surface area contributed by atoms with E-state index >= 15 is 0 Å². The van der Waals surface area contributed by atoms with Crippen molar-refractivity contribution in [2.45, 2.75) is 37.8 Å². The van der Waals surface area contributed by atoms with Crippen molar-refractivity contribution in [1.29, 1.82) is 5.26 Å². The minimum absolute atomic E-state index is 0.173. The normalized spacial score (nSPS) is 22.3. The average molecular weight is 374 g/mol. The van der Waals surface area contributed by atoms with Crippen LogP contribution in [0, 0.1) is 17.2 Å². The van der Waals surface area contributed by atoms with E-state index in [9.17, 15) is 4.79 Å². The van der Waals surface area contributed by atoms with Crippen molar-refractivity contribution in [1.82, 2.24) is 10.2 Å². The molecule has 2 aliphatic rings. The highest BCUT2D eigenvalue weighted by atomic mass is 16.2. The second kappa shape index (κ2) is 8.04. The monoisotopic (exact) mass is 374 g/mol. The third-order valence-electron chi connectivity index (χ3n) is 6.16. The van der Waals surface area contributed by atoms with Crippen molar-refractivity contribution in [2.24, 2.45) is 5.92 Å². The third kappa shape index (κ3) is 4.02. The molecule has 0 spiro atoms. The number of piperidine rings is 1. The molecule has 1 heterocycles. The molecule has 0 radical (unpaired) electrons. The Labute approximate surface area is 166 Å². The Morgan fingerprint density at radius 3 is 2.43 bits per heavy atom. The zero-order valence-electron chi connectivity index (χ0n) is 16.2. The number of amides is 2. The number of carbonyl (C=O) groups is 1. The quantitative estimate of drug-likeness (QED) is 0.863. The molecule has 0 aromatic heterocycles. The van der Waals surface area contributed by atoms with Crippen LogP contribution in [0.25, 0.3) is 0 Å². The van der Waals surface area contributed by atoms with Gasteiger partial charge in [0, 0.05) is 24.3 Å². The van der Waals surface area contributed by atoms with Gasteiger partial charge in [-0.3, -0.25) is 0 Å². The smallest absolute Gasteiger partial charge is 0.319 e. The van der Waals surface area contributed by atoms with E-state index in [2.05, 4.69) is 52.9 Å². The minimum atomic E-state index is -0.173. The average Bonchev–Trinajstić information content (AvgIpc) is 3.14. The van der Waals surface area contributed by atoms with Gasteiger partial charge in [-0.1, -0.05) is 24.3 Å². The first kappa shape index (κ1) is 18.5. The number of likely N-dealkylation sites (tertiary alicyclic amines) is 1. The van der Waals surface area contributed by atoms with Crippen LogP contribution in [0.3, 0.4) is 0 Å². The summed E-state index contributed by atoms with van der Waals surface area (Å²) < 4.78 is 0. The highest BCUT2D eigenvalue weighted by Gasteiger charge is 2.35. The number of nitrogens with one attached hydrogen (secondary N) is 2. The molecule has 5 nitrogen and oxygen atoms in total. The SMILES string of the molecule is CN1CC[C@@H](NC(=O)Nc2ccc(C#N)cc2)C[C@@H]1C1Cc2ccccc2C1. The van der Waals surface area contributed by atoms with Gasteiger partial charge in [-0.2, -0.15) is 5.26 Å². The van der Waals surface area contributed by atoms with Gasteiger partial charge in [0.1, 0.15) is 0 Å². The molecule has 2 aromatic carbocycles. The van der Waals surface area contributed by atoms with Crippen LogP contribution < -0.4 is 10.6 Å². The molecule has 2 aromatic rings. The molecule has 1 aliphatic heterocycles. The fourth-order valence-electron chi connectivity index (χ4n) is 4.64. The molecule has 1 aliphatic carbocycles. The van der Waals surface area contributed by atoms with Crippen molar-refractivity contribution in [2.75, 3.05) is 18.9 Å². The molecular formula is C23H26N4O. The lowest BCUT2D eigenvalue weighted by atomic mass is 9.86. The van der Waals surface area contributed by atoms with Crippen LogP contribution in [-0.2, 0) is 12.8 Å². The molecule has 2 atom stereocenters. The maximum Gasteiger partial charge on any atom is 0.319 e. The highest BCUT2D eigenvalue weighted by molar-refractivity contribution is 5.89. The summed E-state index contributed by atoms with van der Waals surface area (Å²) in [7, 11) is 2.21. The molecule has 1 saturated heterocycles. The molecule has 5 heteroatoms. The van der Waals surface area contributed by atoms with Crippen LogP contribution in [0.4, 0.5) is 10.5 Å². The van der Waals surface area contributed by atoms with Gasteiger partial charge >= 0.3 is 6.03 Å². The number of anilines is 1. The summed E-state index contributed by atoms with van der Waals surface area (Å²) in [6.07, 6.45) is 4.22. The van der Waals surface area contributed by atoms with Crippen molar-refractivity contribution in [3.63, 3.8) is 0 Å². The lowest BCUT2D eigenvalue weighted by Crippen LogP contribution is -2.52. The number of fused-ring (bicyclic) bond motifs is 1. The number of benzene rings is 2. The lowest BCUT2D eigenvalue weighted by Gasteiger charge is -2.40. The molecular weight excluding hydrogens is 348 g/mol. The number of hydrogen-bond donors (Lipinski definition) is 2. The minimum Gasteiger partial charge on any atom is -0.335 e. The van der Waals surface area contributed by atoms with Crippen LogP contribution in [0.5, 0.6) is 0 Å². The molecule has 2 N–H and O–H groups in total. The lowest BCUT2D eigenvalue weighted by molar-refractivity contribution is 0.113. The van der Waals surface area contributed by atoms with Crippen LogP contribution in [0.2, 0.25) is 0 Å². The Bertz CT molecular complexity index is 861. The fraction of sp³-hybridized carbons (Fsp3) is 0.391. The van der Waals surface area contributed by atoms with Crippen molar-refractivity contribution in [3.8, 4) is 6.07 Å². The second-order valence-corrected chi connectivity index (χ2v) is 7.99. The largest absolute Gasteiger partial charge is 0.335 e. The number of hydrogen-bond acceptors (Lipinski definition) is 3. The standard InChI is InChI=1S/C23H26N4O/c1-27-11-10-21(26-23(28)25-20-8-6-16(15-24)7-9-20)14-22(27)19-12-17-4-2-3-5-18(17)13-19/h2-9,19,21-22H,10-14H2,1H3,(H2,25,26,28)/t21-,22-/m1/s1. The van der Waals surface area contributed by atoms with Crippen LogP contribution in [0.1, 0.15) is 29.5 Å². The number of nitriles is 1. The number of rotatable bonds is 3. The summed E-state index contributed by atoms with van der Waals surface area (Å²) >= 11 is 0. The summed E-state index contributed by atoms with van der Waals surface area (Å²) in [6.45, 7) is 0.999. The summed E-state index contributed by atoms with van der Waals surface area (Å²) in [6, 6.07) is 18.3. The van der Waals surface area contributed by atoms with Gasteiger partial charge in [0.2, 0.25) is 0 Å². The third-order valence-corrected chi connectivity index (χ3v) is 6.16. The van der Waals surface area contributed by atoms with E-state index in [1.165, 1.54) is 11.1 Å². The van der Waals surface area contributed by atoms with E-state index in [1.807, 2.05) is 0 Å². The fourth-order valence-corrected chi connectivity index (χ4v) is 4.64. The Hall–Kier alpha value is -2.84. The molecule has 0 bridgehead atoms. The molecule has 0 unspecified atom stereocenters. The van der Waals surface area contributed by atoms with Gasteiger partial charge in [-0.25, -0.2) is 4.79 Å². The van der Waals surface area contributed by atoms with Gasteiger partial charge in [0.25, 0.3) is 0 Å². The Kier molecular flexibility index (Phi) is 5.31. The summed E-state index contributed by atoms with van der Waals surface area (Å²) in [5.41, 5.74) is 4.25. The maximum atomic E-state index is 12.4. The first-order valence-electron chi connectivity index (χ1n) is 9.97. The summed E-state index contributed by atoms with van der Waals surface area (Å²) in [5.74, 6) is 0.619. The van der Waals surface area contributed by atoms with Crippen LogP contribution in [0.15, 0.2) is 48.5 Å². The number of carbonyl (C=O) groups excluding carboxylic acids is 1. The van der Waals surface area contributed by atoms with E-state index < -0.39 is 0 Å². The van der Waals surface area contributed by atoms with E-state index in [1.54, 1.807) is 24.3 Å². The molecule has 28 heavy (non-hydrogen) atoms. The predicted octanol–water partition coefficient (Wildman–Crippen LogP) is 3.56. The van der Waals surface area contributed by atoms with Gasteiger partial charge in [0.15, 0.2) is 0 Å². The van der Waals surface area contributed by atoms with Crippen LogP contribution in [-0.4, -0.2) is 36.6 Å². The number of urea groups is 1. The van der Waals surface area contributed by atoms with E-state index in [-0.39, 0.29) is 12.1 Å². The second-order valence-electron chi connectivity index (χ2n) is 7.99. The van der Waals surface area contributed by atoms with Crippen molar-refractivity contribution < 1.29 is 4.79 Å².